The van der Waals surface area contributed by atoms with Gasteiger partial charge in [0.15, 0.2) is 17.5 Å². The van der Waals surface area contributed by atoms with Gasteiger partial charge in [-0.05, 0) is 72.5 Å². The topological polar surface area (TPSA) is 38.7 Å². The number of hydrogen-bond donors (Lipinski definition) is 0. The third kappa shape index (κ3) is 5.19. The largest absolute Gasteiger partial charge is 0.208 e. The van der Waals surface area contributed by atoms with E-state index in [0.29, 0.717) is 17.5 Å². The van der Waals surface area contributed by atoms with Gasteiger partial charge in [0.25, 0.3) is 0 Å². The summed E-state index contributed by atoms with van der Waals surface area (Å²) in [4.78, 5) is 14.9. The summed E-state index contributed by atoms with van der Waals surface area (Å²) in [5.74, 6) is 1.94. The molecule has 0 unspecified atom stereocenters. The lowest BCUT2D eigenvalue weighted by molar-refractivity contribution is 1.07. The Morgan fingerprint density at radius 3 is 1.29 bits per heavy atom. The van der Waals surface area contributed by atoms with Crippen molar-refractivity contribution in [1.29, 1.82) is 0 Å². The highest BCUT2D eigenvalue weighted by atomic mass is 15.0. The second kappa shape index (κ2) is 12.4. The molecule has 0 fully saturated rings. The van der Waals surface area contributed by atoms with Gasteiger partial charge in [0.2, 0.25) is 0 Å². The van der Waals surface area contributed by atoms with E-state index in [1.54, 1.807) is 0 Å². The van der Waals surface area contributed by atoms with E-state index >= 15 is 0 Å². The lowest BCUT2D eigenvalue weighted by Crippen LogP contribution is -2.00. The Hall–Kier alpha value is -6.97. The summed E-state index contributed by atoms with van der Waals surface area (Å²) >= 11 is 0. The number of hydrogen-bond acceptors (Lipinski definition) is 3. The highest BCUT2D eigenvalue weighted by Crippen LogP contribution is 2.49. The molecule has 1 heterocycles. The smallest absolute Gasteiger partial charge is 0.164 e. The van der Waals surface area contributed by atoms with Crippen LogP contribution in [0, 0.1) is 0 Å². The first-order valence-electron chi connectivity index (χ1n) is 17.6. The predicted molar refractivity (Wildman–Crippen MR) is 214 cm³/mol. The number of rotatable bonds is 6. The lowest BCUT2D eigenvalue weighted by atomic mass is 9.93. The normalized spacial score (nSPS) is 11.5. The van der Waals surface area contributed by atoms with Crippen LogP contribution >= 0.6 is 0 Å². The molecule has 3 heteroatoms. The first-order valence-corrected chi connectivity index (χ1v) is 17.6. The minimum atomic E-state index is 0.644. The van der Waals surface area contributed by atoms with Gasteiger partial charge in [0.1, 0.15) is 0 Å². The molecule has 9 aromatic rings. The predicted octanol–water partition coefficient (Wildman–Crippen LogP) is 12.7. The number of benzene rings is 8. The van der Waals surface area contributed by atoms with Crippen LogP contribution in [0.1, 0.15) is 0 Å². The van der Waals surface area contributed by atoms with Crippen molar-refractivity contribution in [2.75, 3.05) is 0 Å². The summed E-state index contributed by atoms with van der Waals surface area (Å²) in [6.45, 7) is 0. The molecule has 242 valence electrons. The first-order chi connectivity index (χ1) is 25.8. The molecular weight excluding hydrogens is 631 g/mol. The Bertz CT molecular complexity index is 2720. The lowest BCUT2D eigenvalue weighted by Gasteiger charge is -2.11. The van der Waals surface area contributed by atoms with Gasteiger partial charge in [0, 0.05) is 16.7 Å². The Kier molecular flexibility index (Phi) is 7.14. The summed E-state index contributed by atoms with van der Waals surface area (Å²) in [6.07, 6.45) is 0. The maximum atomic E-state index is 5.01. The van der Waals surface area contributed by atoms with Gasteiger partial charge in [-0.15, -0.1) is 0 Å². The molecule has 1 aliphatic rings. The van der Waals surface area contributed by atoms with Gasteiger partial charge in [-0.3, -0.25) is 0 Å². The van der Waals surface area contributed by atoms with Gasteiger partial charge < -0.3 is 0 Å². The van der Waals surface area contributed by atoms with Crippen molar-refractivity contribution in [1.82, 2.24) is 15.0 Å². The summed E-state index contributed by atoms with van der Waals surface area (Å²) in [6, 6.07) is 66.3. The molecule has 3 nitrogen and oxygen atoms in total. The second-order valence-electron chi connectivity index (χ2n) is 13.2. The van der Waals surface area contributed by atoms with Crippen molar-refractivity contribution >= 4 is 10.8 Å². The quantitative estimate of drug-likeness (QED) is 0.178. The van der Waals surface area contributed by atoms with Crippen LogP contribution in [0.15, 0.2) is 188 Å². The summed E-state index contributed by atoms with van der Waals surface area (Å²) < 4.78 is 0. The Morgan fingerprint density at radius 1 is 0.231 bits per heavy atom. The molecule has 0 N–H and O–H groups in total. The van der Waals surface area contributed by atoms with Crippen molar-refractivity contribution in [2.24, 2.45) is 0 Å². The van der Waals surface area contributed by atoms with E-state index in [1.807, 2.05) is 36.4 Å². The monoisotopic (exact) mass is 661 g/mol. The van der Waals surface area contributed by atoms with E-state index in [9.17, 15) is 0 Å². The van der Waals surface area contributed by atoms with E-state index in [1.165, 1.54) is 44.2 Å². The Morgan fingerprint density at radius 2 is 0.635 bits per heavy atom. The van der Waals surface area contributed by atoms with Crippen LogP contribution in [0.25, 0.3) is 101 Å². The fourth-order valence-electron chi connectivity index (χ4n) is 7.53. The van der Waals surface area contributed by atoms with Crippen molar-refractivity contribution in [3.63, 3.8) is 0 Å². The van der Waals surface area contributed by atoms with E-state index in [-0.39, 0.29) is 0 Å². The van der Waals surface area contributed by atoms with E-state index in [2.05, 4.69) is 152 Å². The molecule has 52 heavy (non-hydrogen) atoms. The molecule has 8 aromatic carbocycles. The summed E-state index contributed by atoms with van der Waals surface area (Å²) in [7, 11) is 0. The Balaban J connectivity index is 0.981. The highest BCUT2D eigenvalue weighted by molar-refractivity contribution is 6.18. The molecule has 0 radical (unpaired) electrons. The minimum Gasteiger partial charge on any atom is -0.208 e. The molecule has 10 rings (SSSR count). The van der Waals surface area contributed by atoms with Gasteiger partial charge in [-0.1, -0.05) is 182 Å². The van der Waals surface area contributed by atoms with Crippen LogP contribution in [0.4, 0.5) is 0 Å². The van der Waals surface area contributed by atoms with Crippen LogP contribution in [0.5, 0.6) is 0 Å². The van der Waals surface area contributed by atoms with Crippen molar-refractivity contribution < 1.29 is 0 Å². The third-order valence-corrected chi connectivity index (χ3v) is 10.1. The van der Waals surface area contributed by atoms with Crippen LogP contribution in [-0.4, -0.2) is 15.0 Å². The van der Waals surface area contributed by atoms with Gasteiger partial charge in [-0.2, -0.15) is 0 Å². The van der Waals surface area contributed by atoms with Crippen molar-refractivity contribution in [3.05, 3.63) is 188 Å². The number of aromatic nitrogens is 3. The number of fused-ring (bicyclic) bond motifs is 3. The number of nitrogens with zero attached hydrogens (tertiary/aromatic N) is 3. The molecule has 1 aliphatic carbocycles. The molecule has 0 amide bonds. The van der Waals surface area contributed by atoms with Crippen molar-refractivity contribution in [3.8, 4) is 89.8 Å². The van der Waals surface area contributed by atoms with Gasteiger partial charge in [-0.25, -0.2) is 15.0 Å². The zero-order valence-corrected chi connectivity index (χ0v) is 28.2. The molecule has 0 atom stereocenters. The van der Waals surface area contributed by atoms with E-state index in [0.717, 1.165) is 38.9 Å². The van der Waals surface area contributed by atoms with E-state index < -0.39 is 0 Å². The first kappa shape index (κ1) is 29.9. The summed E-state index contributed by atoms with van der Waals surface area (Å²) in [5, 5.41) is 2.64. The Labute approximate surface area is 302 Å². The maximum absolute atomic E-state index is 5.01. The zero-order chi connectivity index (χ0) is 34.4. The molecule has 1 aromatic heterocycles. The van der Waals surface area contributed by atoms with Crippen LogP contribution < -0.4 is 0 Å². The minimum absolute atomic E-state index is 0.644. The molecule has 0 spiro atoms. The van der Waals surface area contributed by atoms with Crippen LogP contribution in [-0.2, 0) is 0 Å². The van der Waals surface area contributed by atoms with Gasteiger partial charge in [0.05, 0.1) is 0 Å². The van der Waals surface area contributed by atoms with Crippen LogP contribution in [0.2, 0.25) is 0 Å². The third-order valence-electron chi connectivity index (χ3n) is 10.1. The molecule has 0 saturated heterocycles. The summed E-state index contributed by atoms with van der Waals surface area (Å²) in [5.41, 5.74) is 15.2. The molecule has 0 aliphatic heterocycles. The average Bonchev–Trinajstić information content (AvgIpc) is 3.56. The molecular formula is C49H31N3. The average molecular weight is 662 g/mol. The van der Waals surface area contributed by atoms with Crippen molar-refractivity contribution in [2.45, 2.75) is 0 Å². The van der Waals surface area contributed by atoms with Gasteiger partial charge >= 0.3 is 0 Å². The highest BCUT2D eigenvalue weighted by Gasteiger charge is 2.22. The molecule has 0 bridgehead atoms. The zero-order valence-electron chi connectivity index (χ0n) is 28.2. The standard InChI is InChI=1S/C49H31N3/c1-3-11-32(12-4-1)38-15-9-16-39(31-38)49-51-47(36-13-5-2-6-14-36)50-48(52-49)37-27-23-34(24-28-37)33-21-25-35(26-22-33)40-29-30-45-42-18-8-7-17-41(42)44-20-10-19-43(40)46(44)45/h1-31H. The fraction of sp³-hybridized carbons (Fsp3) is 0. The molecule has 0 saturated carbocycles. The SMILES string of the molecule is c1ccc(-c2cccc(-c3nc(-c4ccccc4)nc(-c4ccc(-c5ccc(-c6ccc7c8c(cccc68)-c6ccccc6-7)cc5)cc4)n3)c2)cc1. The van der Waals surface area contributed by atoms with E-state index in [4.69, 9.17) is 15.0 Å². The van der Waals surface area contributed by atoms with Crippen LogP contribution in [0.3, 0.4) is 0 Å². The maximum Gasteiger partial charge on any atom is 0.164 e. The fourth-order valence-corrected chi connectivity index (χ4v) is 7.53. The second-order valence-corrected chi connectivity index (χ2v) is 13.2.